The number of nitrogens with zero attached hydrogens (tertiary/aromatic N) is 1. The Morgan fingerprint density at radius 2 is 0.812 bits per heavy atom. The molecule has 2 atom stereocenters. The van der Waals surface area contributed by atoms with Crippen LogP contribution >= 0.6 is 0 Å². The summed E-state index contributed by atoms with van der Waals surface area (Å²) in [6.07, 6.45) is 31.9. The minimum atomic E-state index is -0.0152. The summed E-state index contributed by atoms with van der Waals surface area (Å²) in [5.74, 6) is 1.04. The Morgan fingerprint density at radius 3 is 1.21 bits per heavy atom. The van der Waals surface area contributed by atoms with Crippen LogP contribution in [0, 0.1) is 11.8 Å². The first-order valence-electron chi connectivity index (χ1n) is 21.1. The standard InChI is InChI=1S/C42H83NO5/c1-5-9-13-21-29-39(27-11-7-3)37-47-41(45)31-23-17-15-19-25-33-43(35-36-44)34-26-20-16-18-24-32-42(46)48-38-40(28-12-8-4)30-22-14-10-6-2/h39-40,44H,5-38H2,1-4H3. The third-order valence-corrected chi connectivity index (χ3v) is 9.95. The van der Waals surface area contributed by atoms with Gasteiger partial charge in [0.15, 0.2) is 0 Å². The summed E-state index contributed by atoms with van der Waals surface area (Å²) in [6.45, 7) is 13.2. The Bertz CT molecular complexity index is 633. The minimum absolute atomic E-state index is 0.0152. The van der Waals surface area contributed by atoms with E-state index in [1.54, 1.807) is 0 Å². The Labute approximate surface area is 299 Å². The Kier molecular flexibility index (Phi) is 36.2. The predicted molar refractivity (Wildman–Crippen MR) is 204 cm³/mol. The summed E-state index contributed by atoms with van der Waals surface area (Å²) in [5, 5.41) is 9.53. The molecule has 0 amide bonds. The molecule has 0 aromatic heterocycles. The molecule has 0 spiro atoms. The molecule has 0 rings (SSSR count). The summed E-state index contributed by atoms with van der Waals surface area (Å²) in [5.41, 5.74) is 0. The topological polar surface area (TPSA) is 76.1 Å². The fourth-order valence-corrected chi connectivity index (χ4v) is 6.64. The minimum Gasteiger partial charge on any atom is -0.465 e. The largest absolute Gasteiger partial charge is 0.465 e. The molecule has 0 saturated carbocycles. The van der Waals surface area contributed by atoms with Gasteiger partial charge in [-0.3, -0.25) is 9.59 Å². The predicted octanol–water partition coefficient (Wildman–Crippen LogP) is 11.6. The fourth-order valence-electron chi connectivity index (χ4n) is 6.64. The molecule has 0 radical (unpaired) electrons. The number of esters is 2. The molecule has 6 nitrogen and oxygen atoms in total. The highest BCUT2D eigenvalue weighted by molar-refractivity contribution is 5.69. The van der Waals surface area contributed by atoms with Crippen LogP contribution in [0.5, 0.6) is 0 Å². The molecule has 0 bridgehead atoms. The van der Waals surface area contributed by atoms with Gasteiger partial charge in [-0.05, 0) is 76.3 Å². The highest BCUT2D eigenvalue weighted by Gasteiger charge is 2.13. The van der Waals surface area contributed by atoms with Gasteiger partial charge in [0.2, 0.25) is 0 Å². The van der Waals surface area contributed by atoms with E-state index in [-0.39, 0.29) is 18.5 Å². The SMILES string of the molecule is CCCCCCC(CCCC)COC(=O)CCCCCCCN(CCO)CCCCCCCC(=O)OCC(CCCC)CCCCCC. The zero-order chi connectivity index (χ0) is 35.3. The first kappa shape index (κ1) is 46.9. The van der Waals surface area contributed by atoms with Crippen molar-refractivity contribution in [3.8, 4) is 0 Å². The van der Waals surface area contributed by atoms with Crippen LogP contribution in [0.2, 0.25) is 0 Å². The van der Waals surface area contributed by atoms with E-state index in [4.69, 9.17) is 9.47 Å². The monoisotopic (exact) mass is 682 g/mol. The van der Waals surface area contributed by atoms with Gasteiger partial charge in [0.25, 0.3) is 0 Å². The van der Waals surface area contributed by atoms with Crippen molar-refractivity contribution in [1.82, 2.24) is 4.90 Å². The molecule has 0 aromatic carbocycles. The molecule has 0 aliphatic carbocycles. The molecule has 1 N–H and O–H groups in total. The van der Waals surface area contributed by atoms with Crippen molar-refractivity contribution in [2.45, 2.75) is 207 Å². The molecule has 0 fully saturated rings. The number of aliphatic hydroxyl groups excluding tert-OH is 1. The zero-order valence-electron chi connectivity index (χ0n) is 32.7. The van der Waals surface area contributed by atoms with Crippen LogP contribution in [-0.4, -0.2) is 61.4 Å². The Hall–Kier alpha value is -1.14. The summed E-state index contributed by atoms with van der Waals surface area (Å²) in [7, 11) is 0. The van der Waals surface area contributed by atoms with Crippen molar-refractivity contribution >= 4 is 11.9 Å². The van der Waals surface area contributed by atoms with Crippen LogP contribution in [0.25, 0.3) is 0 Å². The Balaban J connectivity index is 3.92. The van der Waals surface area contributed by atoms with Crippen molar-refractivity contribution in [3.05, 3.63) is 0 Å². The highest BCUT2D eigenvalue weighted by Crippen LogP contribution is 2.20. The highest BCUT2D eigenvalue weighted by atomic mass is 16.5. The molecule has 0 aromatic rings. The summed E-state index contributed by atoms with van der Waals surface area (Å²) in [6, 6.07) is 0. The molecule has 2 unspecified atom stereocenters. The maximum Gasteiger partial charge on any atom is 0.305 e. The lowest BCUT2D eigenvalue weighted by Gasteiger charge is -2.21. The van der Waals surface area contributed by atoms with Crippen molar-refractivity contribution in [2.75, 3.05) is 39.5 Å². The number of aliphatic hydroxyl groups is 1. The van der Waals surface area contributed by atoms with Gasteiger partial charge in [0, 0.05) is 19.4 Å². The van der Waals surface area contributed by atoms with Crippen LogP contribution in [0.4, 0.5) is 0 Å². The lowest BCUT2D eigenvalue weighted by atomic mass is 9.96. The van der Waals surface area contributed by atoms with E-state index in [9.17, 15) is 14.7 Å². The van der Waals surface area contributed by atoms with Gasteiger partial charge < -0.3 is 19.5 Å². The number of hydrogen-bond acceptors (Lipinski definition) is 6. The van der Waals surface area contributed by atoms with Crippen LogP contribution in [0.3, 0.4) is 0 Å². The van der Waals surface area contributed by atoms with E-state index in [1.165, 1.54) is 116 Å². The molecule has 286 valence electrons. The number of unbranched alkanes of at least 4 members (excludes halogenated alkanes) is 16. The van der Waals surface area contributed by atoms with E-state index in [2.05, 4.69) is 32.6 Å². The third-order valence-electron chi connectivity index (χ3n) is 9.95. The lowest BCUT2D eigenvalue weighted by molar-refractivity contribution is -0.146. The summed E-state index contributed by atoms with van der Waals surface area (Å²) >= 11 is 0. The smallest absolute Gasteiger partial charge is 0.305 e. The molecule has 48 heavy (non-hydrogen) atoms. The second kappa shape index (κ2) is 37.1. The lowest BCUT2D eigenvalue weighted by Crippen LogP contribution is -2.29. The van der Waals surface area contributed by atoms with Crippen molar-refractivity contribution in [3.63, 3.8) is 0 Å². The molecule has 0 heterocycles. The molecule has 6 heteroatoms. The zero-order valence-corrected chi connectivity index (χ0v) is 32.7. The average molecular weight is 682 g/mol. The van der Waals surface area contributed by atoms with E-state index in [0.717, 1.165) is 71.0 Å². The number of carbonyl (C=O) groups excluding carboxylic acids is 2. The molecule has 0 aliphatic heterocycles. The van der Waals surface area contributed by atoms with Gasteiger partial charge in [-0.2, -0.15) is 0 Å². The van der Waals surface area contributed by atoms with E-state index < -0.39 is 0 Å². The van der Waals surface area contributed by atoms with Crippen LogP contribution in [0.15, 0.2) is 0 Å². The van der Waals surface area contributed by atoms with E-state index >= 15 is 0 Å². The Morgan fingerprint density at radius 1 is 0.458 bits per heavy atom. The number of rotatable bonds is 38. The van der Waals surface area contributed by atoms with Gasteiger partial charge in [0.05, 0.1) is 19.8 Å². The van der Waals surface area contributed by atoms with Gasteiger partial charge >= 0.3 is 11.9 Å². The van der Waals surface area contributed by atoms with Crippen LogP contribution in [0.1, 0.15) is 207 Å². The average Bonchev–Trinajstić information content (AvgIpc) is 3.09. The molecular formula is C42H83NO5. The second-order valence-electron chi connectivity index (χ2n) is 14.7. The van der Waals surface area contributed by atoms with Gasteiger partial charge in [0.1, 0.15) is 0 Å². The summed E-state index contributed by atoms with van der Waals surface area (Å²) in [4.78, 5) is 27.0. The number of hydrogen-bond donors (Lipinski definition) is 1. The summed E-state index contributed by atoms with van der Waals surface area (Å²) < 4.78 is 11.4. The molecule has 0 saturated heterocycles. The van der Waals surface area contributed by atoms with Crippen molar-refractivity contribution in [2.24, 2.45) is 11.8 Å². The van der Waals surface area contributed by atoms with E-state index in [0.29, 0.717) is 37.9 Å². The third kappa shape index (κ3) is 32.1. The van der Waals surface area contributed by atoms with Crippen molar-refractivity contribution in [1.29, 1.82) is 0 Å². The quantitative estimate of drug-likeness (QED) is 0.0516. The van der Waals surface area contributed by atoms with Crippen LogP contribution in [-0.2, 0) is 19.1 Å². The van der Waals surface area contributed by atoms with Gasteiger partial charge in [-0.25, -0.2) is 0 Å². The fraction of sp³-hybridized carbons (Fsp3) is 0.952. The normalized spacial score (nSPS) is 12.8. The van der Waals surface area contributed by atoms with Crippen molar-refractivity contribution < 1.29 is 24.2 Å². The van der Waals surface area contributed by atoms with Crippen LogP contribution < -0.4 is 0 Å². The maximum absolute atomic E-state index is 12.3. The van der Waals surface area contributed by atoms with E-state index in [1.807, 2.05) is 0 Å². The van der Waals surface area contributed by atoms with Gasteiger partial charge in [-0.15, -0.1) is 0 Å². The van der Waals surface area contributed by atoms with Gasteiger partial charge in [-0.1, -0.05) is 143 Å². The number of ether oxygens (including phenoxy) is 2. The molecule has 0 aliphatic rings. The second-order valence-corrected chi connectivity index (χ2v) is 14.7. The first-order valence-corrected chi connectivity index (χ1v) is 21.1. The maximum atomic E-state index is 12.3. The number of carbonyl (C=O) groups is 2. The molecular weight excluding hydrogens is 598 g/mol. The first-order chi connectivity index (χ1) is 23.5.